The average molecular weight is 315 g/mol. The lowest BCUT2D eigenvalue weighted by molar-refractivity contribution is -0.136. The van der Waals surface area contributed by atoms with Gasteiger partial charge in [0.25, 0.3) is 0 Å². The minimum Gasteiger partial charge on any atom is -0.336 e. The normalized spacial score (nSPS) is 17.3. The van der Waals surface area contributed by atoms with Crippen molar-refractivity contribution in [1.82, 2.24) is 9.80 Å². The van der Waals surface area contributed by atoms with E-state index in [0.717, 1.165) is 24.7 Å². The van der Waals surface area contributed by atoms with E-state index in [1.165, 1.54) is 4.90 Å². The van der Waals surface area contributed by atoms with Crippen LogP contribution in [0.15, 0.2) is 23.1 Å². The van der Waals surface area contributed by atoms with Gasteiger partial charge in [-0.3, -0.25) is 9.69 Å². The molecule has 0 atom stereocenters. The van der Waals surface area contributed by atoms with Crippen molar-refractivity contribution in [1.29, 1.82) is 0 Å². The molecule has 1 fully saturated rings. The van der Waals surface area contributed by atoms with E-state index in [2.05, 4.69) is 0 Å². The van der Waals surface area contributed by atoms with Crippen molar-refractivity contribution < 1.29 is 17.6 Å². The molecule has 6 nitrogen and oxygen atoms in total. The van der Waals surface area contributed by atoms with Crippen LogP contribution in [0.2, 0.25) is 0 Å². The lowest BCUT2D eigenvalue weighted by Gasteiger charge is -2.34. The molecule has 0 spiro atoms. The Morgan fingerprint density at radius 2 is 2.05 bits per heavy atom. The Kier molecular flexibility index (Phi) is 4.60. The highest BCUT2D eigenvalue weighted by atomic mass is 32.2. The molecule has 0 unspecified atom stereocenters. The van der Waals surface area contributed by atoms with Gasteiger partial charge in [0.2, 0.25) is 15.9 Å². The minimum atomic E-state index is -3.95. The number of benzene rings is 1. The number of carbonyl (C=O) groups excluding carboxylic acids is 1. The molecule has 1 heterocycles. The summed E-state index contributed by atoms with van der Waals surface area (Å²) in [4.78, 5) is 15.4. The largest absolute Gasteiger partial charge is 0.336 e. The number of likely N-dealkylation sites (N-methyl/N-ethyl adjacent to an activating group) is 1. The second-order valence-electron chi connectivity index (χ2n) is 4.98. The first-order chi connectivity index (χ1) is 9.81. The van der Waals surface area contributed by atoms with Crippen LogP contribution in [0.4, 0.5) is 4.39 Å². The van der Waals surface area contributed by atoms with Crippen molar-refractivity contribution in [2.75, 3.05) is 26.2 Å². The maximum absolute atomic E-state index is 13.4. The quantitative estimate of drug-likeness (QED) is 0.856. The number of amides is 1. The van der Waals surface area contributed by atoms with Gasteiger partial charge in [-0.1, -0.05) is 6.92 Å². The van der Waals surface area contributed by atoms with E-state index in [0.29, 0.717) is 13.1 Å². The fourth-order valence-corrected chi connectivity index (χ4v) is 3.10. The summed E-state index contributed by atoms with van der Waals surface area (Å²) in [6.45, 7) is 4.27. The SMILES string of the molecule is CCN1CCN(Cc2cc(F)ccc2S(N)(=O)=O)C(=O)C1. The van der Waals surface area contributed by atoms with Crippen molar-refractivity contribution in [2.24, 2.45) is 5.14 Å². The third-order valence-corrected chi connectivity index (χ3v) is 4.55. The zero-order valence-corrected chi connectivity index (χ0v) is 12.6. The van der Waals surface area contributed by atoms with Gasteiger partial charge in [-0.2, -0.15) is 0 Å². The molecule has 0 saturated carbocycles. The van der Waals surface area contributed by atoms with Gasteiger partial charge >= 0.3 is 0 Å². The van der Waals surface area contributed by atoms with Gasteiger partial charge in [-0.05, 0) is 30.3 Å². The third kappa shape index (κ3) is 3.78. The number of nitrogens with two attached hydrogens (primary N) is 1. The maximum Gasteiger partial charge on any atom is 0.238 e. The number of piperazine rings is 1. The van der Waals surface area contributed by atoms with Crippen LogP contribution in [0.3, 0.4) is 0 Å². The molecule has 0 radical (unpaired) electrons. The number of nitrogens with zero attached hydrogens (tertiary/aromatic N) is 2. The molecule has 21 heavy (non-hydrogen) atoms. The van der Waals surface area contributed by atoms with Gasteiger partial charge in [-0.25, -0.2) is 17.9 Å². The van der Waals surface area contributed by atoms with E-state index in [1.54, 1.807) is 0 Å². The lowest BCUT2D eigenvalue weighted by Crippen LogP contribution is -2.49. The van der Waals surface area contributed by atoms with Crippen LogP contribution >= 0.6 is 0 Å². The summed E-state index contributed by atoms with van der Waals surface area (Å²) in [6, 6.07) is 3.28. The van der Waals surface area contributed by atoms with E-state index in [9.17, 15) is 17.6 Å². The molecule has 0 aliphatic carbocycles. The number of halogens is 1. The number of rotatable bonds is 4. The number of primary sulfonamides is 1. The number of carbonyl (C=O) groups is 1. The minimum absolute atomic E-state index is 0.0416. The summed E-state index contributed by atoms with van der Waals surface area (Å²) in [5, 5.41) is 5.13. The highest BCUT2D eigenvalue weighted by Crippen LogP contribution is 2.19. The van der Waals surface area contributed by atoms with Crippen LogP contribution in [-0.2, 0) is 21.4 Å². The fourth-order valence-electron chi connectivity index (χ4n) is 2.35. The van der Waals surface area contributed by atoms with Gasteiger partial charge in [0, 0.05) is 19.6 Å². The molecule has 1 aromatic rings. The lowest BCUT2D eigenvalue weighted by atomic mass is 10.2. The summed E-state index contributed by atoms with van der Waals surface area (Å²) >= 11 is 0. The topological polar surface area (TPSA) is 83.7 Å². The maximum atomic E-state index is 13.4. The number of sulfonamides is 1. The Labute approximate surface area is 123 Å². The first kappa shape index (κ1) is 15.9. The van der Waals surface area contributed by atoms with E-state index in [1.807, 2.05) is 11.8 Å². The zero-order valence-electron chi connectivity index (χ0n) is 11.8. The molecular formula is C13H18FN3O3S. The summed E-state index contributed by atoms with van der Waals surface area (Å²) < 4.78 is 36.4. The first-order valence-electron chi connectivity index (χ1n) is 6.62. The molecule has 0 bridgehead atoms. The summed E-state index contributed by atoms with van der Waals surface area (Å²) in [5.41, 5.74) is 0.204. The number of hydrogen-bond donors (Lipinski definition) is 1. The molecule has 1 saturated heterocycles. The van der Waals surface area contributed by atoms with Crippen LogP contribution in [0.5, 0.6) is 0 Å². The van der Waals surface area contributed by atoms with Crippen LogP contribution < -0.4 is 5.14 Å². The molecule has 1 aliphatic rings. The van der Waals surface area contributed by atoms with Crippen molar-refractivity contribution in [3.63, 3.8) is 0 Å². The predicted octanol–water partition coefficient (Wildman–Crippen LogP) is 0.137. The zero-order chi connectivity index (χ0) is 15.6. The van der Waals surface area contributed by atoms with E-state index < -0.39 is 15.8 Å². The van der Waals surface area contributed by atoms with Gasteiger partial charge in [0.05, 0.1) is 11.4 Å². The predicted molar refractivity (Wildman–Crippen MR) is 75.3 cm³/mol. The van der Waals surface area contributed by atoms with E-state index in [-0.39, 0.29) is 29.5 Å². The van der Waals surface area contributed by atoms with Crippen LogP contribution in [-0.4, -0.2) is 50.3 Å². The van der Waals surface area contributed by atoms with Crippen LogP contribution in [0.1, 0.15) is 12.5 Å². The fraction of sp³-hybridized carbons (Fsp3) is 0.462. The van der Waals surface area contributed by atoms with Crippen LogP contribution in [0, 0.1) is 5.82 Å². The van der Waals surface area contributed by atoms with Crippen LogP contribution in [0.25, 0.3) is 0 Å². The summed E-state index contributed by atoms with van der Waals surface area (Å²) in [5.74, 6) is -0.662. The standard InChI is InChI=1S/C13H18FN3O3S/c1-2-16-5-6-17(13(18)9-16)8-10-7-11(14)3-4-12(10)21(15,19)20/h3-4,7H,2,5-6,8-9H2,1H3,(H2,15,19,20). The van der Waals surface area contributed by atoms with E-state index >= 15 is 0 Å². The Balaban J connectivity index is 2.24. The highest BCUT2D eigenvalue weighted by Gasteiger charge is 2.25. The second kappa shape index (κ2) is 6.08. The average Bonchev–Trinajstić information content (AvgIpc) is 2.39. The Hall–Kier alpha value is -1.51. The molecular weight excluding hydrogens is 297 g/mol. The van der Waals surface area contributed by atoms with Crippen molar-refractivity contribution >= 4 is 15.9 Å². The van der Waals surface area contributed by atoms with Crippen molar-refractivity contribution in [3.8, 4) is 0 Å². The molecule has 2 N–H and O–H groups in total. The van der Waals surface area contributed by atoms with Gasteiger partial charge in [0.1, 0.15) is 5.82 Å². The Morgan fingerprint density at radius 3 is 2.62 bits per heavy atom. The molecule has 8 heteroatoms. The Bertz CT molecular complexity index is 648. The molecule has 0 aromatic heterocycles. The smallest absolute Gasteiger partial charge is 0.238 e. The Morgan fingerprint density at radius 1 is 1.33 bits per heavy atom. The monoisotopic (exact) mass is 315 g/mol. The summed E-state index contributed by atoms with van der Waals surface area (Å²) in [6.07, 6.45) is 0. The first-order valence-corrected chi connectivity index (χ1v) is 8.17. The molecule has 116 valence electrons. The van der Waals surface area contributed by atoms with Crippen molar-refractivity contribution in [3.05, 3.63) is 29.6 Å². The van der Waals surface area contributed by atoms with Crippen molar-refractivity contribution in [2.45, 2.75) is 18.4 Å². The summed E-state index contributed by atoms with van der Waals surface area (Å²) in [7, 11) is -3.95. The van der Waals surface area contributed by atoms with Gasteiger partial charge in [0.15, 0.2) is 0 Å². The molecule has 1 amide bonds. The second-order valence-corrected chi connectivity index (χ2v) is 6.51. The molecule has 1 aliphatic heterocycles. The van der Waals surface area contributed by atoms with E-state index in [4.69, 9.17) is 5.14 Å². The third-order valence-electron chi connectivity index (χ3n) is 3.54. The molecule has 2 rings (SSSR count). The number of hydrogen-bond acceptors (Lipinski definition) is 4. The van der Waals surface area contributed by atoms with Gasteiger partial charge < -0.3 is 4.90 Å². The highest BCUT2D eigenvalue weighted by molar-refractivity contribution is 7.89. The molecule has 1 aromatic carbocycles. The van der Waals surface area contributed by atoms with Gasteiger partial charge in [-0.15, -0.1) is 0 Å².